The quantitative estimate of drug-likeness (QED) is 0.227. The molecule has 5 rings (SSSR count). The number of rotatable bonds is 6. The maximum Gasteiger partial charge on any atom is 0.160 e. The summed E-state index contributed by atoms with van der Waals surface area (Å²) in [6.07, 6.45) is 11.3. The SMILES string of the molecule is CC(C)=CCCC(C)(O)[C@H]1CC[C@]2(C)[C@@H]1C(O)C[C@@H]1[C@@]3(C)CCCC(C)(C)[C@@H]3[C@@H](O[C@H]3C[C@@H](O)CC(C)O3)C[C@]12C. The normalized spacial score (nSPS) is 50.7. The van der Waals surface area contributed by atoms with Crippen molar-refractivity contribution >= 4 is 0 Å². The molecule has 0 amide bonds. The molecular formula is C36H62O5. The summed E-state index contributed by atoms with van der Waals surface area (Å²) in [7, 11) is 0. The number of aliphatic hydroxyl groups excluding tert-OH is 2. The highest BCUT2D eigenvalue weighted by atomic mass is 16.7. The van der Waals surface area contributed by atoms with E-state index in [4.69, 9.17) is 9.47 Å². The van der Waals surface area contributed by atoms with Gasteiger partial charge in [-0.3, -0.25) is 0 Å². The van der Waals surface area contributed by atoms with Crippen molar-refractivity contribution in [1.82, 2.24) is 0 Å². The molecule has 5 nitrogen and oxygen atoms in total. The minimum atomic E-state index is -0.801. The molecule has 0 bridgehead atoms. The molecule has 3 N–H and O–H groups in total. The minimum Gasteiger partial charge on any atom is -0.393 e. The minimum absolute atomic E-state index is 0.00249. The van der Waals surface area contributed by atoms with Crippen LogP contribution in [0.2, 0.25) is 0 Å². The Morgan fingerprint density at radius 2 is 1.71 bits per heavy atom. The highest BCUT2D eigenvalue weighted by molar-refractivity contribution is 5.21. The molecule has 4 saturated carbocycles. The molecule has 1 aliphatic heterocycles. The third kappa shape index (κ3) is 5.30. The van der Waals surface area contributed by atoms with E-state index in [9.17, 15) is 15.3 Å². The first-order valence-electron chi connectivity index (χ1n) is 17.0. The monoisotopic (exact) mass is 574 g/mol. The van der Waals surface area contributed by atoms with Crippen molar-refractivity contribution in [2.45, 2.75) is 169 Å². The van der Waals surface area contributed by atoms with Crippen molar-refractivity contribution in [3.05, 3.63) is 11.6 Å². The highest BCUT2D eigenvalue weighted by Crippen LogP contribution is 2.76. The van der Waals surface area contributed by atoms with E-state index in [-0.39, 0.29) is 58.1 Å². The molecule has 0 aromatic heterocycles. The number of hydrogen-bond donors (Lipinski definition) is 3. The second-order valence-electron chi connectivity index (χ2n) is 17.2. The van der Waals surface area contributed by atoms with Crippen LogP contribution in [-0.2, 0) is 9.47 Å². The number of ether oxygens (including phenoxy) is 2. The summed E-state index contributed by atoms with van der Waals surface area (Å²) < 4.78 is 13.3. The predicted octanol–water partition coefficient (Wildman–Crippen LogP) is 7.41. The number of aliphatic hydroxyl groups is 3. The lowest BCUT2D eigenvalue weighted by Gasteiger charge is -2.71. The van der Waals surface area contributed by atoms with Gasteiger partial charge in [-0.15, -0.1) is 0 Å². The first-order chi connectivity index (χ1) is 18.9. The van der Waals surface area contributed by atoms with E-state index in [1.165, 1.54) is 24.8 Å². The zero-order valence-corrected chi connectivity index (χ0v) is 27.7. The molecule has 1 heterocycles. The van der Waals surface area contributed by atoms with Gasteiger partial charge < -0.3 is 24.8 Å². The zero-order chi connectivity index (χ0) is 30.2. The van der Waals surface area contributed by atoms with Gasteiger partial charge in [-0.25, -0.2) is 0 Å². The maximum atomic E-state index is 12.1. The Morgan fingerprint density at radius 3 is 2.37 bits per heavy atom. The van der Waals surface area contributed by atoms with Crippen molar-refractivity contribution < 1.29 is 24.8 Å². The molecule has 0 spiro atoms. The molecule has 0 aromatic carbocycles. The van der Waals surface area contributed by atoms with Crippen LogP contribution in [0.3, 0.4) is 0 Å². The van der Waals surface area contributed by atoms with Crippen molar-refractivity contribution in [2.24, 2.45) is 45.3 Å². The van der Waals surface area contributed by atoms with E-state index in [0.717, 1.165) is 38.5 Å². The standard InChI is InChI=1S/C36H62O5/c1-22(2)12-10-16-36(9,39)25-13-17-34(7)30(25)26(38)20-28-33(6)15-11-14-32(4,5)31(33)27(21-35(28,34)8)41-29-19-24(37)18-23(3)40-29/h12,23-31,37-39H,10-11,13-21H2,1-9H3/t23?,24-,25-,26?,27-,28+,29-,30-,31-,33+,34+,35+,36?/m0/s1. The fraction of sp³-hybridized carbons (Fsp3) is 0.944. The zero-order valence-electron chi connectivity index (χ0n) is 27.7. The van der Waals surface area contributed by atoms with Gasteiger partial charge in [0.1, 0.15) is 0 Å². The lowest BCUT2D eigenvalue weighted by atomic mass is 9.34. The molecule has 236 valence electrons. The van der Waals surface area contributed by atoms with Gasteiger partial charge in [0.05, 0.1) is 30.0 Å². The Labute approximate surface area is 250 Å². The first-order valence-corrected chi connectivity index (χ1v) is 17.0. The van der Waals surface area contributed by atoms with Gasteiger partial charge in [-0.05, 0) is 131 Å². The molecule has 1 saturated heterocycles. The van der Waals surface area contributed by atoms with E-state index >= 15 is 0 Å². The number of hydrogen-bond acceptors (Lipinski definition) is 5. The molecule has 0 aromatic rings. The molecule has 3 unspecified atom stereocenters. The van der Waals surface area contributed by atoms with Gasteiger partial charge >= 0.3 is 0 Å². The summed E-state index contributed by atoms with van der Waals surface area (Å²) in [4.78, 5) is 0. The summed E-state index contributed by atoms with van der Waals surface area (Å²) in [6, 6.07) is 0. The summed E-state index contributed by atoms with van der Waals surface area (Å²) in [5.74, 6) is 0.949. The lowest BCUT2D eigenvalue weighted by molar-refractivity contribution is -0.307. The van der Waals surface area contributed by atoms with Crippen LogP contribution in [0.1, 0.15) is 133 Å². The van der Waals surface area contributed by atoms with Crippen LogP contribution in [-0.4, -0.2) is 51.6 Å². The largest absolute Gasteiger partial charge is 0.393 e. The lowest BCUT2D eigenvalue weighted by Crippen LogP contribution is -2.69. The molecule has 5 aliphatic rings. The number of allylic oxidation sites excluding steroid dienone is 2. The summed E-state index contributed by atoms with van der Waals surface area (Å²) in [5, 5.41) is 34.5. The topological polar surface area (TPSA) is 79.2 Å². The molecular weight excluding hydrogens is 512 g/mol. The summed E-state index contributed by atoms with van der Waals surface area (Å²) >= 11 is 0. The Kier molecular flexibility index (Phi) is 8.46. The van der Waals surface area contributed by atoms with Crippen LogP contribution in [0.4, 0.5) is 0 Å². The van der Waals surface area contributed by atoms with Crippen LogP contribution >= 0.6 is 0 Å². The molecule has 5 heteroatoms. The Bertz CT molecular complexity index is 974. The van der Waals surface area contributed by atoms with Crippen molar-refractivity contribution in [3.63, 3.8) is 0 Å². The molecule has 13 atom stereocenters. The summed E-state index contributed by atoms with van der Waals surface area (Å²) in [5.41, 5.74) is 0.567. The number of fused-ring (bicyclic) bond motifs is 5. The molecule has 0 radical (unpaired) electrons. The van der Waals surface area contributed by atoms with Crippen LogP contribution in [0.25, 0.3) is 0 Å². The van der Waals surface area contributed by atoms with Gasteiger partial charge in [-0.1, -0.05) is 52.7 Å². The van der Waals surface area contributed by atoms with Crippen molar-refractivity contribution in [2.75, 3.05) is 0 Å². The van der Waals surface area contributed by atoms with Crippen LogP contribution in [0, 0.1) is 45.3 Å². The van der Waals surface area contributed by atoms with E-state index in [0.29, 0.717) is 24.7 Å². The van der Waals surface area contributed by atoms with Crippen LogP contribution in [0.5, 0.6) is 0 Å². The van der Waals surface area contributed by atoms with Gasteiger partial charge in [0.15, 0.2) is 6.29 Å². The maximum absolute atomic E-state index is 12.1. The smallest absolute Gasteiger partial charge is 0.160 e. The predicted molar refractivity (Wildman–Crippen MR) is 164 cm³/mol. The Morgan fingerprint density at radius 1 is 1.00 bits per heavy atom. The van der Waals surface area contributed by atoms with Gasteiger partial charge in [0, 0.05) is 6.42 Å². The third-order valence-electron chi connectivity index (χ3n) is 13.8. The second kappa shape index (κ2) is 10.9. The fourth-order valence-corrected chi connectivity index (χ4v) is 12.0. The van der Waals surface area contributed by atoms with Crippen molar-refractivity contribution in [3.8, 4) is 0 Å². The van der Waals surface area contributed by atoms with Gasteiger partial charge in [0.25, 0.3) is 0 Å². The van der Waals surface area contributed by atoms with Crippen LogP contribution < -0.4 is 0 Å². The second-order valence-corrected chi connectivity index (χ2v) is 17.2. The van der Waals surface area contributed by atoms with Crippen molar-refractivity contribution in [1.29, 1.82) is 0 Å². The average molecular weight is 575 g/mol. The van der Waals surface area contributed by atoms with Crippen LogP contribution in [0.15, 0.2) is 11.6 Å². The summed E-state index contributed by atoms with van der Waals surface area (Å²) in [6.45, 7) is 20.7. The van der Waals surface area contributed by atoms with Gasteiger partial charge in [-0.2, -0.15) is 0 Å². The van der Waals surface area contributed by atoms with E-state index in [1.54, 1.807) is 0 Å². The Balaban J connectivity index is 1.51. The van der Waals surface area contributed by atoms with E-state index in [2.05, 4.69) is 54.5 Å². The fourth-order valence-electron chi connectivity index (χ4n) is 12.0. The third-order valence-corrected chi connectivity index (χ3v) is 13.8. The van der Waals surface area contributed by atoms with E-state index in [1.807, 2.05) is 13.8 Å². The Hall–Kier alpha value is -0.460. The van der Waals surface area contributed by atoms with Gasteiger partial charge in [0.2, 0.25) is 0 Å². The molecule has 4 aliphatic carbocycles. The highest BCUT2D eigenvalue weighted by Gasteiger charge is 2.72. The average Bonchev–Trinajstić information content (AvgIpc) is 3.20. The first kappa shape index (κ1) is 31.9. The van der Waals surface area contributed by atoms with E-state index < -0.39 is 11.7 Å². The molecule has 41 heavy (non-hydrogen) atoms. The molecule has 5 fully saturated rings.